The Labute approximate surface area is 120 Å². The van der Waals surface area contributed by atoms with Crippen molar-refractivity contribution in [3.05, 3.63) is 47.4 Å². The van der Waals surface area contributed by atoms with Crippen LogP contribution in [-0.2, 0) is 6.54 Å². The highest BCUT2D eigenvalue weighted by molar-refractivity contribution is 5.38. The maximum absolute atomic E-state index is 5.89. The molecule has 0 radical (unpaired) electrons. The molecule has 0 atom stereocenters. The Balaban J connectivity index is 2.30. The average Bonchev–Trinajstić information content (AvgIpc) is 2.38. The van der Waals surface area contributed by atoms with Crippen LogP contribution in [0.5, 0.6) is 11.6 Å². The van der Waals surface area contributed by atoms with Crippen molar-refractivity contribution < 1.29 is 4.74 Å². The minimum Gasteiger partial charge on any atom is -0.437 e. The third-order valence-corrected chi connectivity index (χ3v) is 2.97. The molecule has 0 aliphatic rings. The van der Waals surface area contributed by atoms with Crippen LogP contribution in [0.25, 0.3) is 0 Å². The molecule has 2 heterocycles. The predicted molar refractivity (Wildman–Crippen MR) is 80.0 cm³/mol. The van der Waals surface area contributed by atoms with Crippen molar-refractivity contribution in [2.75, 3.05) is 0 Å². The molecule has 20 heavy (non-hydrogen) atoms. The topological polar surface area (TPSA) is 47.0 Å². The van der Waals surface area contributed by atoms with Crippen LogP contribution in [0.3, 0.4) is 0 Å². The molecular weight excluding hydrogens is 250 g/mol. The van der Waals surface area contributed by atoms with E-state index in [9.17, 15) is 0 Å². The van der Waals surface area contributed by atoms with Gasteiger partial charge in [-0.25, -0.2) is 4.98 Å². The zero-order valence-electron chi connectivity index (χ0n) is 12.5. The molecule has 0 saturated carbocycles. The second-order valence-electron chi connectivity index (χ2n) is 5.19. The molecule has 0 bridgehead atoms. The van der Waals surface area contributed by atoms with Crippen LogP contribution in [0.2, 0.25) is 0 Å². The summed E-state index contributed by atoms with van der Waals surface area (Å²) in [6, 6.07) is 6.23. The van der Waals surface area contributed by atoms with E-state index in [0.29, 0.717) is 17.7 Å². The van der Waals surface area contributed by atoms with Gasteiger partial charge in [0.2, 0.25) is 5.88 Å². The number of aryl methyl sites for hydroxylation is 2. The molecule has 0 aliphatic heterocycles. The Hall–Kier alpha value is -1.94. The molecule has 1 N–H and O–H groups in total. The molecule has 2 aromatic rings. The molecule has 0 aliphatic carbocycles. The van der Waals surface area contributed by atoms with Crippen LogP contribution in [-0.4, -0.2) is 16.0 Å². The fraction of sp³-hybridized carbons (Fsp3) is 0.375. The lowest BCUT2D eigenvalue weighted by atomic mass is 10.1. The number of ether oxygens (including phenoxy) is 1. The summed E-state index contributed by atoms with van der Waals surface area (Å²) in [4.78, 5) is 8.58. The van der Waals surface area contributed by atoms with Crippen molar-refractivity contribution in [2.24, 2.45) is 0 Å². The van der Waals surface area contributed by atoms with Gasteiger partial charge in [0.1, 0.15) is 5.75 Å². The largest absolute Gasteiger partial charge is 0.437 e. The second kappa shape index (κ2) is 6.48. The molecule has 0 aromatic carbocycles. The van der Waals surface area contributed by atoms with E-state index in [4.69, 9.17) is 4.74 Å². The Kier molecular flexibility index (Phi) is 4.69. The van der Waals surface area contributed by atoms with Crippen molar-refractivity contribution >= 4 is 0 Å². The number of rotatable bonds is 5. The van der Waals surface area contributed by atoms with Crippen LogP contribution in [0.15, 0.2) is 30.6 Å². The fourth-order valence-electron chi connectivity index (χ4n) is 1.95. The van der Waals surface area contributed by atoms with Crippen molar-refractivity contribution in [1.29, 1.82) is 0 Å². The smallest absolute Gasteiger partial charge is 0.224 e. The summed E-state index contributed by atoms with van der Waals surface area (Å²) in [6.07, 6.45) is 3.42. The van der Waals surface area contributed by atoms with Gasteiger partial charge in [0.15, 0.2) is 0 Å². The summed E-state index contributed by atoms with van der Waals surface area (Å²) >= 11 is 0. The van der Waals surface area contributed by atoms with E-state index in [0.717, 1.165) is 17.8 Å². The molecule has 2 aromatic heterocycles. The molecule has 0 fully saturated rings. The minimum absolute atomic E-state index is 0.418. The van der Waals surface area contributed by atoms with E-state index < -0.39 is 0 Å². The number of nitrogens with zero attached hydrogens (tertiary/aromatic N) is 2. The normalized spacial score (nSPS) is 10.8. The van der Waals surface area contributed by atoms with Gasteiger partial charge in [-0.3, -0.25) is 4.98 Å². The maximum atomic E-state index is 5.89. The first-order valence-electron chi connectivity index (χ1n) is 6.84. The third-order valence-electron chi connectivity index (χ3n) is 2.97. The molecule has 0 unspecified atom stereocenters. The molecule has 0 spiro atoms. The van der Waals surface area contributed by atoms with Gasteiger partial charge >= 0.3 is 0 Å². The molecule has 0 saturated heterocycles. The quantitative estimate of drug-likeness (QED) is 0.905. The van der Waals surface area contributed by atoms with E-state index in [2.05, 4.69) is 42.1 Å². The Bertz CT molecular complexity index is 567. The van der Waals surface area contributed by atoms with Gasteiger partial charge in [-0.2, -0.15) is 0 Å². The Morgan fingerprint density at radius 1 is 1.30 bits per heavy atom. The van der Waals surface area contributed by atoms with Crippen LogP contribution >= 0.6 is 0 Å². The lowest BCUT2D eigenvalue weighted by Gasteiger charge is -2.15. The lowest BCUT2D eigenvalue weighted by molar-refractivity contribution is 0.446. The molecule has 0 amide bonds. The molecule has 106 valence electrons. The maximum Gasteiger partial charge on any atom is 0.224 e. The second-order valence-corrected chi connectivity index (χ2v) is 5.19. The summed E-state index contributed by atoms with van der Waals surface area (Å²) < 4.78 is 5.89. The van der Waals surface area contributed by atoms with Gasteiger partial charge in [-0.05, 0) is 37.6 Å². The Morgan fingerprint density at radius 3 is 2.75 bits per heavy atom. The SMILES string of the molecule is Cc1cc(C)c(CNC(C)C)c(Oc2cccnc2)n1. The van der Waals surface area contributed by atoms with Crippen molar-refractivity contribution in [3.8, 4) is 11.6 Å². The summed E-state index contributed by atoms with van der Waals surface area (Å²) in [5.74, 6) is 1.36. The number of hydrogen-bond acceptors (Lipinski definition) is 4. The van der Waals surface area contributed by atoms with E-state index in [1.165, 1.54) is 5.56 Å². The van der Waals surface area contributed by atoms with E-state index in [1.807, 2.05) is 19.1 Å². The van der Waals surface area contributed by atoms with Crippen LogP contribution < -0.4 is 10.1 Å². The van der Waals surface area contributed by atoms with Gasteiger partial charge in [0, 0.05) is 30.0 Å². The third kappa shape index (κ3) is 3.78. The number of hydrogen-bond donors (Lipinski definition) is 1. The van der Waals surface area contributed by atoms with E-state index >= 15 is 0 Å². The molecule has 2 rings (SSSR count). The molecule has 4 nitrogen and oxygen atoms in total. The highest BCUT2D eigenvalue weighted by atomic mass is 16.5. The minimum atomic E-state index is 0.418. The van der Waals surface area contributed by atoms with Crippen molar-refractivity contribution in [1.82, 2.24) is 15.3 Å². The zero-order valence-corrected chi connectivity index (χ0v) is 12.5. The Morgan fingerprint density at radius 2 is 2.10 bits per heavy atom. The first kappa shape index (κ1) is 14.5. The van der Waals surface area contributed by atoms with Crippen LogP contribution in [0.1, 0.15) is 30.7 Å². The first-order valence-corrected chi connectivity index (χ1v) is 6.84. The van der Waals surface area contributed by atoms with Crippen molar-refractivity contribution in [3.63, 3.8) is 0 Å². The highest BCUT2D eigenvalue weighted by Gasteiger charge is 2.11. The molecular formula is C16H21N3O. The average molecular weight is 271 g/mol. The van der Waals surface area contributed by atoms with Crippen LogP contribution in [0, 0.1) is 13.8 Å². The number of nitrogens with one attached hydrogen (secondary N) is 1. The van der Waals surface area contributed by atoms with Crippen molar-refractivity contribution in [2.45, 2.75) is 40.3 Å². The van der Waals surface area contributed by atoms with Gasteiger partial charge in [-0.1, -0.05) is 13.8 Å². The standard InChI is InChI=1S/C16H21N3O/c1-11(2)18-10-15-12(3)8-13(4)19-16(15)20-14-6-5-7-17-9-14/h5-9,11,18H,10H2,1-4H3. The monoisotopic (exact) mass is 271 g/mol. The van der Waals surface area contributed by atoms with Gasteiger partial charge < -0.3 is 10.1 Å². The van der Waals surface area contributed by atoms with Crippen LogP contribution in [0.4, 0.5) is 0 Å². The van der Waals surface area contributed by atoms with E-state index in [1.54, 1.807) is 12.4 Å². The summed E-state index contributed by atoms with van der Waals surface area (Å²) in [6.45, 7) is 9.05. The van der Waals surface area contributed by atoms with E-state index in [-0.39, 0.29) is 0 Å². The van der Waals surface area contributed by atoms with Gasteiger partial charge in [0.25, 0.3) is 0 Å². The van der Waals surface area contributed by atoms with Gasteiger partial charge in [0.05, 0.1) is 6.20 Å². The lowest BCUT2D eigenvalue weighted by Crippen LogP contribution is -2.23. The predicted octanol–water partition coefficient (Wildman–Crippen LogP) is 3.38. The first-order chi connectivity index (χ1) is 9.56. The molecule has 4 heteroatoms. The fourth-order valence-corrected chi connectivity index (χ4v) is 1.95. The van der Waals surface area contributed by atoms with Gasteiger partial charge in [-0.15, -0.1) is 0 Å². The summed E-state index contributed by atoms with van der Waals surface area (Å²) in [5, 5.41) is 3.41. The highest BCUT2D eigenvalue weighted by Crippen LogP contribution is 2.25. The number of aromatic nitrogens is 2. The summed E-state index contributed by atoms with van der Waals surface area (Å²) in [5.41, 5.74) is 3.23. The number of pyridine rings is 2. The summed E-state index contributed by atoms with van der Waals surface area (Å²) in [7, 11) is 0. The zero-order chi connectivity index (χ0) is 14.5.